The van der Waals surface area contributed by atoms with Crippen LogP contribution >= 0.6 is 27.3 Å². The first-order chi connectivity index (χ1) is 9.22. The van der Waals surface area contributed by atoms with Gasteiger partial charge in [0.2, 0.25) is 0 Å². The van der Waals surface area contributed by atoms with Crippen molar-refractivity contribution in [2.75, 3.05) is 5.32 Å². The number of thiophene rings is 1. The predicted octanol–water partition coefficient (Wildman–Crippen LogP) is 4.82. The molecule has 0 saturated carbocycles. The van der Waals surface area contributed by atoms with Gasteiger partial charge in [-0.2, -0.15) is 0 Å². The quantitative estimate of drug-likeness (QED) is 0.767. The van der Waals surface area contributed by atoms with E-state index in [1.807, 2.05) is 6.07 Å². The highest BCUT2D eigenvalue weighted by Crippen LogP contribution is 2.26. The van der Waals surface area contributed by atoms with Crippen LogP contribution in [0.4, 0.5) is 5.82 Å². The van der Waals surface area contributed by atoms with E-state index in [0.717, 1.165) is 35.5 Å². The third-order valence-electron chi connectivity index (χ3n) is 2.83. The number of aromatic nitrogens is 2. The molecule has 0 fully saturated rings. The summed E-state index contributed by atoms with van der Waals surface area (Å²) in [5.74, 6) is 1.78. The van der Waals surface area contributed by atoms with Crippen LogP contribution in [-0.4, -0.2) is 9.97 Å². The van der Waals surface area contributed by atoms with Crippen molar-refractivity contribution in [1.82, 2.24) is 9.97 Å². The van der Waals surface area contributed by atoms with E-state index in [4.69, 9.17) is 0 Å². The molecule has 0 radical (unpaired) electrons. The fourth-order valence-electron chi connectivity index (χ4n) is 1.92. The maximum atomic E-state index is 4.57. The number of nitrogens with one attached hydrogen (secondary N) is 1. The van der Waals surface area contributed by atoms with Crippen LogP contribution in [0.1, 0.15) is 43.4 Å². The van der Waals surface area contributed by atoms with Crippen LogP contribution < -0.4 is 5.32 Å². The molecule has 0 saturated heterocycles. The first kappa shape index (κ1) is 14.5. The van der Waals surface area contributed by atoms with Crippen LogP contribution in [-0.2, 0) is 6.42 Å². The van der Waals surface area contributed by atoms with E-state index in [-0.39, 0.29) is 0 Å². The van der Waals surface area contributed by atoms with Gasteiger partial charge in [0, 0.05) is 17.4 Å². The summed E-state index contributed by atoms with van der Waals surface area (Å²) in [6, 6.07) is 6.50. The second kappa shape index (κ2) is 7.01. The molecule has 5 heteroatoms. The van der Waals surface area contributed by atoms with Gasteiger partial charge in [-0.25, -0.2) is 9.97 Å². The van der Waals surface area contributed by atoms with Gasteiger partial charge in [-0.1, -0.05) is 19.9 Å². The molecule has 2 heterocycles. The van der Waals surface area contributed by atoms with Crippen LogP contribution in [0.5, 0.6) is 0 Å². The minimum Gasteiger partial charge on any atom is -0.362 e. The zero-order valence-corrected chi connectivity index (χ0v) is 13.6. The molecule has 0 aliphatic rings. The van der Waals surface area contributed by atoms with Gasteiger partial charge in [0.15, 0.2) is 0 Å². The van der Waals surface area contributed by atoms with E-state index >= 15 is 0 Å². The van der Waals surface area contributed by atoms with Crippen LogP contribution in [0, 0.1) is 0 Å². The van der Waals surface area contributed by atoms with Crippen molar-refractivity contribution in [2.24, 2.45) is 0 Å². The lowest BCUT2D eigenvalue weighted by Gasteiger charge is -2.16. The van der Waals surface area contributed by atoms with Gasteiger partial charge < -0.3 is 5.32 Å². The molecule has 0 aromatic carbocycles. The Hall–Kier alpha value is -0.940. The Balaban J connectivity index is 2.17. The fourth-order valence-corrected chi connectivity index (χ4v) is 3.20. The normalized spacial score (nSPS) is 12.4. The highest BCUT2D eigenvalue weighted by molar-refractivity contribution is 9.10. The minimum atomic E-state index is 0.316. The van der Waals surface area contributed by atoms with E-state index < -0.39 is 0 Å². The van der Waals surface area contributed by atoms with Gasteiger partial charge in [0.25, 0.3) is 0 Å². The summed E-state index contributed by atoms with van der Waals surface area (Å²) in [6.45, 7) is 4.32. The molecule has 3 nitrogen and oxygen atoms in total. The monoisotopic (exact) mass is 339 g/mol. The van der Waals surface area contributed by atoms with Crippen molar-refractivity contribution >= 4 is 33.1 Å². The molecule has 2 aromatic heterocycles. The van der Waals surface area contributed by atoms with E-state index in [1.54, 1.807) is 11.3 Å². The number of hydrogen-bond acceptors (Lipinski definition) is 4. The number of halogens is 1. The van der Waals surface area contributed by atoms with Gasteiger partial charge in [0.05, 0.1) is 6.04 Å². The van der Waals surface area contributed by atoms with E-state index in [0.29, 0.717) is 6.04 Å². The number of anilines is 1. The lowest BCUT2D eigenvalue weighted by molar-refractivity contribution is 0.750. The molecule has 0 bridgehead atoms. The van der Waals surface area contributed by atoms with Crippen molar-refractivity contribution in [2.45, 2.75) is 39.2 Å². The van der Waals surface area contributed by atoms with Crippen molar-refractivity contribution in [3.8, 4) is 0 Å². The second-order valence-electron chi connectivity index (χ2n) is 4.36. The van der Waals surface area contributed by atoms with Crippen molar-refractivity contribution < 1.29 is 0 Å². The summed E-state index contributed by atoms with van der Waals surface area (Å²) in [7, 11) is 0. The molecule has 102 valence electrons. The van der Waals surface area contributed by atoms with Crippen LogP contribution in [0.3, 0.4) is 0 Å². The van der Waals surface area contributed by atoms with Gasteiger partial charge in [0.1, 0.15) is 16.2 Å². The molecule has 1 atom stereocenters. The van der Waals surface area contributed by atoms with Crippen molar-refractivity contribution in [3.63, 3.8) is 0 Å². The van der Waals surface area contributed by atoms with Crippen LogP contribution in [0.25, 0.3) is 0 Å². The highest BCUT2D eigenvalue weighted by atomic mass is 79.9. The largest absolute Gasteiger partial charge is 0.362 e. The first-order valence-electron chi connectivity index (χ1n) is 6.56. The summed E-state index contributed by atoms with van der Waals surface area (Å²) in [5, 5.41) is 5.61. The molecule has 0 aliphatic carbocycles. The van der Waals surface area contributed by atoms with Crippen LogP contribution in [0.2, 0.25) is 0 Å². The maximum Gasteiger partial charge on any atom is 0.132 e. The molecule has 2 rings (SSSR count). The lowest BCUT2D eigenvalue weighted by atomic mass is 10.2. The summed E-state index contributed by atoms with van der Waals surface area (Å²) in [6.07, 6.45) is 2.99. The Morgan fingerprint density at radius 3 is 2.84 bits per heavy atom. The average Bonchev–Trinajstić information content (AvgIpc) is 2.89. The maximum absolute atomic E-state index is 4.57. The zero-order chi connectivity index (χ0) is 13.7. The molecular weight excluding hydrogens is 322 g/mol. The zero-order valence-electron chi connectivity index (χ0n) is 11.2. The number of rotatable bonds is 6. The third kappa shape index (κ3) is 4.01. The molecule has 0 amide bonds. The highest BCUT2D eigenvalue weighted by Gasteiger charge is 2.12. The number of aryl methyl sites for hydroxylation is 1. The van der Waals surface area contributed by atoms with Gasteiger partial charge in [-0.05, 0) is 40.2 Å². The molecule has 1 N–H and O–H groups in total. The predicted molar refractivity (Wildman–Crippen MR) is 84.7 cm³/mol. The van der Waals surface area contributed by atoms with Crippen molar-refractivity contribution in [1.29, 1.82) is 0 Å². The molecule has 0 aliphatic heterocycles. The summed E-state index contributed by atoms with van der Waals surface area (Å²) >= 11 is 5.23. The third-order valence-corrected chi connectivity index (χ3v) is 4.22. The molecule has 2 aromatic rings. The fraction of sp³-hybridized carbons (Fsp3) is 0.429. The van der Waals surface area contributed by atoms with Crippen molar-refractivity contribution in [3.05, 3.63) is 38.9 Å². The topological polar surface area (TPSA) is 37.8 Å². The summed E-state index contributed by atoms with van der Waals surface area (Å²) < 4.78 is 0.842. The molecule has 19 heavy (non-hydrogen) atoms. The Labute approximate surface area is 126 Å². The Kier molecular flexibility index (Phi) is 5.34. The lowest BCUT2D eigenvalue weighted by Crippen LogP contribution is -2.10. The van der Waals surface area contributed by atoms with Gasteiger partial charge in [-0.3, -0.25) is 0 Å². The number of hydrogen-bond donors (Lipinski definition) is 1. The summed E-state index contributed by atoms with van der Waals surface area (Å²) in [5.41, 5.74) is 0. The second-order valence-corrected chi connectivity index (χ2v) is 6.15. The summed E-state index contributed by atoms with van der Waals surface area (Å²) in [4.78, 5) is 10.3. The molecule has 0 spiro atoms. The van der Waals surface area contributed by atoms with E-state index in [1.165, 1.54) is 4.88 Å². The molecule has 1 unspecified atom stereocenters. The van der Waals surface area contributed by atoms with Gasteiger partial charge >= 0.3 is 0 Å². The first-order valence-corrected chi connectivity index (χ1v) is 8.23. The SMILES string of the molecule is CCCc1nc(Br)cc(NC(CC)c2cccs2)n1. The average molecular weight is 340 g/mol. The standard InChI is InChI=1S/C14H18BrN3S/c1-3-6-13-17-12(15)9-14(18-13)16-10(4-2)11-7-5-8-19-11/h5,7-10H,3-4,6H2,1-2H3,(H,16,17,18). The van der Waals surface area contributed by atoms with E-state index in [2.05, 4.69) is 62.6 Å². The van der Waals surface area contributed by atoms with Gasteiger partial charge in [-0.15, -0.1) is 11.3 Å². The Morgan fingerprint density at radius 1 is 1.37 bits per heavy atom. The Bertz CT molecular complexity index is 513. The smallest absolute Gasteiger partial charge is 0.132 e. The van der Waals surface area contributed by atoms with Crippen LogP contribution in [0.15, 0.2) is 28.2 Å². The van der Waals surface area contributed by atoms with E-state index in [9.17, 15) is 0 Å². The number of nitrogens with zero attached hydrogens (tertiary/aromatic N) is 2. The minimum absolute atomic E-state index is 0.316. The molecular formula is C14H18BrN3S. The Morgan fingerprint density at radius 2 is 2.21 bits per heavy atom.